The predicted molar refractivity (Wildman–Crippen MR) is 160 cm³/mol. The van der Waals surface area contributed by atoms with E-state index in [0.717, 1.165) is 10.8 Å². The minimum Gasteiger partial charge on any atom is -0.507 e. The second kappa shape index (κ2) is 7.12. The quantitative estimate of drug-likeness (QED) is 0.231. The van der Waals surface area contributed by atoms with Gasteiger partial charge >= 0.3 is 0 Å². The summed E-state index contributed by atoms with van der Waals surface area (Å²) in [6.07, 6.45) is 0. The molecule has 0 aliphatic heterocycles. The molecule has 1 N–H and O–H groups in total. The summed E-state index contributed by atoms with van der Waals surface area (Å²) >= 11 is 0. The molecule has 0 fully saturated rings. The fourth-order valence-corrected chi connectivity index (χ4v) is 7.30. The van der Waals surface area contributed by atoms with Crippen LogP contribution in [0.5, 0.6) is 5.75 Å². The normalized spacial score (nSPS) is 14.7. The number of hydrogen-bond acceptors (Lipinski definition) is 1. The van der Waals surface area contributed by atoms with Crippen molar-refractivity contribution in [3.8, 4) is 16.9 Å². The molecule has 0 saturated carbocycles. The van der Waals surface area contributed by atoms with Crippen LogP contribution in [0.25, 0.3) is 65.0 Å². The van der Waals surface area contributed by atoms with E-state index in [9.17, 15) is 5.11 Å². The van der Waals surface area contributed by atoms with Gasteiger partial charge < -0.3 is 5.11 Å². The molecule has 8 aromatic rings. The molecule has 0 heterocycles. The first kappa shape index (κ1) is 20.2. The van der Waals surface area contributed by atoms with Crippen LogP contribution in [-0.4, -0.2) is 5.11 Å². The van der Waals surface area contributed by atoms with E-state index >= 15 is 0 Å². The number of fused-ring (bicyclic) bond motifs is 8. The molecule has 0 bridgehead atoms. The standard InChI is InChI=1S/C37H22O/c38-31-14-6-13-26-24-9-1-2-10-25(24)34-27-11-3-4-12-28(27)35(37(34)36(26)31)30-20-18-23-16-15-21-7-5-8-22-17-19-29(30)33(23)32(21)22/h1-20,35,38H. The van der Waals surface area contributed by atoms with Crippen LogP contribution < -0.4 is 0 Å². The molecule has 0 radical (unpaired) electrons. The fraction of sp³-hybridized carbons (Fsp3) is 0.0270. The molecule has 9 rings (SSSR count). The van der Waals surface area contributed by atoms with E-state index < -0.39 is 0 Å². The number of hydrogen-bond donors (Lipinski definition) is 1. The Hall–Kier alpha value is -4.88. The van der Waals surface area contributed by atoms with Gasteiger partial charge in [-0.05, 0) is 82.4 Å². The van der Waals surface area contributed by atoms with Crippen LogP contribution in [0.4, 0.5) is 0 Å². The van der Waals surface area contributed by atoms with Crippen molar-refractivity contribution in [3.63, 3.8) is 0 Å². The van der Waals surface area contributed by atoms with E-state index in [1.54, 1.807) is 0 Å². The van der Waals surface area contributed by atoms with E-state index in [4.69, 9.17) is 0 Å². The smallest absolute Gasteiger partial charge is 0.123 e. The average Bonchev–Trinajstić information content (AvgIpc) is 3.31. The highest BCUT2D eigenvalue weighted by Crippen LogP contribution is 2.56. The minimum atomic E-state index is 0.0196. The lowest BCUT2D eigenvalue weighted by molar-refractivity contribution is 0.481. The van der Waals surface area contributed by atoms with E-state index in [1.807, 2.05) is 12.1 Å². The van der Waals surface area contributed by atoms with Gasteiger partial charge in [0.1, 0.15) is 5.75 Å². The van der Waals surface area contributed by atoms with Gasteiger partial charge in [-0.2, -0.15) is 0 Å². The highest BCUT2D eigenvalue weighted by molar-refractivity contribution is 6.24. The zero-order valence-corrected chi connectivity index (χ0v) is 20.6. The van der Waals surface area contributed by atoms with Gasteiger partial charge in [0.15, 0.2) is 0 Å². The first-order chi connectivity index (χ1) is 18.8. The SMILES string of the molecule is Oc1cccc2c1c1c(c3ccccc32)-c2ccccc2C1c1ccc2ccc3cccc4ccc1c2c34. The molecule has 0 amide bonds. The Morgan fingerprint density at radius 1 is 0.421 bits per heavy atom. The van der Waals surface area contributed by atoms with Gasteiger partial charge in [-0.25, -0.2) is 0 Å². The van der Waals surface area contributed by atoms with E-state index in [2.05, 4.69) is 109 Å². The Balaban J connectivity index is 1.50. The second-order valence-corrected chi connectivity index (χ2v) is 10.6. The third-order valence-electron chi connectivity index (χ3n) is 8.77. The van der Waals surface area contributed by atoms with Crippen LogP contribution in [0.1, 0.15) is 22.6 Å². The molecular weight excluding hydrogens is 460 g/mol. The average molecular weight is 483 g/mol. The van der Waals surface area contributed by atoms with Crippen LogP contribution in [0.15, 0.2) is 121 Å². The fourth-order valence-electron chi connectivity index (χ4n) is 7.30. The molecule has 1 nitrogen and oxygen atoms in total. The Bertz CT molecular complexity index is 2240. The van der Waals surface area contributed by atoms with Crippen LogP contribution in [-0.2, 0) is 0 Å². The lowest BCUT2D eigenvalue weighted by atomic mass is 9.81. The highest BCUT2D eigenvalue weighted by atomic mass is 16.3. The summed E-state index contributed by atoms with van der Waals surface area (Å²) in [6.45, 7) is 0. The topological polar surface area (TPSA) is 20.2 Å². The maximum atomic E-state index is 11.4. The Kier molecular flexibility index (Phi) is 3.78. The second-order valence-electron chi connectivity index (χ2n) is 10.6. The molecule has 176 valence electrons. The lowest BCUT2D eigenvalue weighted by Gasteiger charge is -2.22. The molecular formula is C37H22O. The van der Waals surface area contributed by atoms with Crippen LogP contribution in [0.3, 0.4) is 0 Å². The molecule has 1 heteroatoms. The summed E-state index contributed by atoms with van der Waals surface area (Å²) in [4.78, 5) is 0. The lowest BCUT2D eigenvalue weighted by Crippen LogP contribution is -2.02. The van der Waals surface area contributed by atoms with Crippen LogP contribution in [0, 0.1) is 0 Å². The van der Waals surface area contributed by atoms with Crippen molar-refractivity contribution in [2.75, 3.05) is 0 Å². The minimum absolute atomic E-state index is 0.0196. The van der Waals surface area contributed by atoms with Gasteiger partial charge in [-0.1, -0.05) is 115 Å². The third-order valence-corrected chi connectivity index (χ3v) is 8.77. The van der Waals surface area contributed by atoms with Crippen LogP contribution in [0.2, 0.25) is 0 Å². The third kappa shape index (κ3) is 2.42. The van der Waals surface area contributed by atoms with E-state index in [1.165, 1.54) is 70.9 Å². The maximum absolute atomic E-state index is 11.4. The summed E-state index contributed by atoms with van der Waals surface area (Å²) in [5.74, 6) is 0.367. The van der Waals surface area contributed by atoms with Crippen molar-refractivity contribution >= 4 is 53.9 Å². The largest absolute Gasteiger partial charge is 0.507 e. The van der Waals surface area contributed by atoms with Gasteiger partial charge in [-0.3, -0.25) is 0 Å². The number of benzene rings is 8. The van der Waals surface area contributed by atoms with Gasteiger partial charge in [0.05, 0.1) is 0 Å². The van der Waals surface area contributed by atoms with Crippen molar-refractivity contribution in [1.29, 1.82) is 0 Å². The summed E-state index contributed by atoms with van der Waals surface area (Å²) in [7, 11) is 0. The van der Waals surface area contributed by atoms with Gasteiger partial charge in [0.2, 0.25) is 0 Å². The number of rotatable bonds is 1. The molecule has 0 saturated heterocycles. The first-order valence-electron chi connectivity index (χ1n) is 13.2. The number of aromatic hydroxyl groups is 1. The summed E-state index contributed by atoms with van der Waals surface area (Å²) in [5, 5.41) is 23.7. The molecule has 0 spiro atoms. The number of phenols is 1. The Labute approximate surface area is 219 Å². The van der Waals surface area contributed by atoms with E-state index in [-0.39, 0.29) is 5.92 Å². The molecule has 8 aromatic carbocycles. The summed E-state index contributed by atoms with van der Waals surface area (Å²) < 4.78 is 0. The van der Waals surface area contributed by atoms with Gasteiger partial charge in [-0.15, -0.1) is 0 Å². The van der Waals surface area contributed by atoms with Crippen molar-refractivity contribution < 1.29 is 5.11 Å². The predicted octanol–water partition coefficient (Wildman–Crippen LogP) is 9.76. The van der Waals surface area contributed by atoms with Crippen molar-refractivity contribution in [2.45, 2.75) is 5.92 Å². The highest BCUT2D eigenvalue weighted by Gasteiger charge is 2.35. The molecule has 1 aliphatic rings. The molecule has 1 unspecified atom stereocenters. The number of phenolic OH excluding ortho intramolecular Hbond substituents is 1. The Morgan fingerprint density at radius 2 is 1.08 bits per heavy atom. The molecule has 1 aliphatic carbocycles. The van der Waals surface area contributed by atoms with Crippen molar-refractivity contribution in [2.24, 2.45) is 0 Å². The van der Waals surface area contributed by atoms with Crippen molar-refractivity contribution in [3.05, 3.63) is 138 Å². The monoisotopic (exact) mass is 482 g/mol. The maximum Gasteiger partial charge on any atom is 0.123 e. The first-order valence-corrected chi connectivity index (χ1v) is 13.2. The van der Waals surface area contributed by atoms with Crippen molar-refractivity contribution in [1.82, 2.24) is 0 Å². The molecule has 0 aromatic heterocycles. The Morgan fingerprint density at radius 3 is 1.95 bits per heavy atom. The zero-order valence-electron chi connectivity index (χ0n) is 20.6. The molecule has 1 atom stereocenters. The summed E-state index contributed by atoms with van der Waals surface area (Å²) in [6, 6.07) is 43.7. The zero-order chi connectivity index (χ0) is 25.0. The molecule has 38 heavy (non-hydrogen) atoms. The van der Waals surface area contributed by atoms with Crippen LogP contribution >= 0.6 is 0 Å². The van der Waals surface area contributed by atoms with Gasteiger partial charge in [0.25, 0.3) is 0 Å². The van der Waals surface area contributed by atoms with Gasteiger partial charge in [0, 0.05) is 11.3 Å². The summed E-state index contributed by atoms with van der Waals surface area (Å²) in [5.41, 5.74) is 6.33. The van der Waals surface area contributed by atoms with E-state index in [0.29, 0.717) is 5.75 Å².